The smallest absolute Gasteiger partial charge is 0.251 e. The number of para-hydroxylation sites is 2. The molecule has 0 aliphatic carbocycles. The van der Waals surface area contributed by atoms with Crippen LogP contribution >= 0.6 is 0 Å². The Morgan fingerprint density at radius 1 is 0.900 bits per heavy atom. The molecule has 0 spiro atoms. The topological polar surface area (TPSA) is 67.2 Å². The van der Waals surface area contributed by atoms with Crippen LogP contribution in [-0.2, 0) is 17.8 Å². The van der Waals surface area contributed by atoms with Crippen molar-refractivity contribution in [1.82, 2.24) is 19.8 Å². The highest BCUT2D eigenvalue weighted by Gasteiger charge is 2.19. The van der Waals surface area contributed by atoms with Crippen LogP contribution in [0.4, 0.5) is 0 Å². The fourth-order valence-corrected chi connectivity index (χ4v) is 4.03. The summed E-state index contributed by atoms with van der Waals surface area (Å²) in [4.78, 5) is 32.0. The van der Waals surface area contributed by atoms with Crippen molar-refractivity contribution in [3.63, 3.8) is 0 Å². The lowest BCUT2D eigenvalue weighted by atomic mass is 10.2. The van der Waals surface area contributed by atoms with Crippen LogP contribution < -0.4 is 5.32 Å². The molecule has 0 atom stereocenters. The number of amides is 2. The van der Waals surface area contributed by atoms with Gasteiger partial charge in [0.05, 0.1) is 11.0 Å². The summed E-state index contributed by atoms with van der Waals surface area (Å²) in [5, 5.41) is 2.96. The van der Waals surface area contributed by atoms with E-state index in [-0.39, 0.29) is 11.8 Å². The van der Waals surface area contributed by atoms with E-state index in [0.717, 1.165) is 42.8 Å². The molecule has 1 saturated heterocycles. The summed E-state index contributed by atoms with van der Waals surface area (Å²) in [5.74, 6) is 0.876. The molecule has 6 nitrogen and oxygen atoms in total. The molecule has 2 heterocycles. The maximum absolute atomic E-state index is 13.0. The van der Waals surface area contributed by atoms with Gasteiger partial charge in [-0.2, -0.15) is 0 Å². The quantitative estimate of drug-likeness (QED) is 0.685. The van der Waals surface area contributed by atoms with Crippen molar-refractivity contribution in [3.05, 3.63) is 66.0 Å². The fraction of sp³-hybridized carbons (Fsp3) is 0.375. The number of benzene rings is 2. The van der Waals surface area contributed by atoms with Gasteiger partial charge in [-0.3, -0.25) is 9.59 Å². The van der Waals surface area contributed by atoms with Crippen LogP contribution in [0, 0.1) is 0 Å². The second kappa shape index (κ2) is 9.57. The van der Waals surface area contributed by atoms with Gasteiger partial charge in [0.15, 0.2) is 0 Å². The number of hydrogen-bond acceptors (Lipinski definition) is 3. The van der Waals surface area contributed by atoms with Crippen molar-refractivity contribution < 1.29 is 9.59 Å². The summed E-state index contributed by atoms with van der Waals surface area (Å²) >= 11 is 0. The van der Waals surface area contributed by atoms with E-state index in [1.165, 1.54) is 12.8 Å². The molecule has 0 radical (unpaired) electrons. The first-order valence-corrected chi connectivity index (χ1v) is 10.8. The number of imidazole rings is 1. The van der Waals surface area contributed by atoms with Crippen molar-refractivity contribution in [3.8, 4) is 0 Å². The van der Waals surface area contributed by atoms with Crippen molar-refractivity contribution in [2.45, 2.75) is 38.6 Å². The zero-order chi connectivity index (χ0) is 20.8. The molecule has 1 aromatic heterocycles. The Kier molecular flexibility index (Phi) is 6.42. The van der Waals surface area contributed by atoms with E-state index < -0.39 is 0 Å². The second-order valence-corrected chi connectivity index (χ2v) is 7.77. The van der Waals surface area contributed by atoms with E-state index in [1.807, 2.05) is 51.9 Å². The van der Waals surface area contributed by atoms with Gasteiger partial charge in [-0.15, -0.1) is 0 Å². The largest absolute Gasteiger partial charge is 0.352 e. The predicted octanol–water partition coefficient (Wildman–Crippen LogP) is 3.41. The molecule has 2 aromatic carbocycles. The zero-order valence-corrected chi connectivity index (χ0v) is 17.2. The van der Waals surface area contributed by atoms with E-state index in [0.29, 0.717) is 25.1 Å². The molecule has 4 rings (SSSR count). The average Bonchev–Trinajstić information content (AvgIpc) is 2.94. The van der Waals surface area contributed by atoms with Gasteiger partial charge in [0.2, 0.25) is 5.91 Å². The summed E-state index contributed by atoms with van der Waals surface area (Å²) in [6.07, 6.45) is 5.12. The first-order valence-electron chi connectivity index (χ1n) is 10.8. The monoisotopic (exact) mass is 404 g/mol. The van der Waals surface area contributed by atoms with Crippen LogP contribution in [0.25, 0.3) is 11.0 Å². The molecule has 156 valence electrons. The second-order valence-electron chi connectivity index (χ2n) is 7.77. The molecule has 0 bridgehead atoms. The highest BCUT2D eigenvalue weighted by Crippen LogP contribution is 2.18. The van der Waals surface area contributed by atoms with E-state index >= 15 is 0 Å². The third-order valence-corrected chi connectivity index (χ3v) is 5.66. The number of nitrogens with one attached hydrogen (secondary N) is 1. The SMILES string of the molecule is O=C(NCCc1nc2ccccc2n1CC(=O)N1CCCCCC1)c1ccccc1. The number of carbonyl (C=O) groups is 2. The minimum atomic E-state index is -0.0982. The molecule has 1 N–H and O–H groups in total. The lowest BCUT2D eigenvalue weighted by Crippen LogP contribution is -2.35. The number of aromatic nitrogens is 2. The van der Waals surface area contributed by atoms with Crippen LogP contribution in [0.3, 0.4) is 0 Å². The highest BCUT2D eigenvalue weighted by molar-refractivity contribution is 5.94. The number of carbonyl (C=O) groups excluding carboxylic acids is 2. The van der Waals surface area contributed by atoms with Gasteiger partial charge in [-0.1, -0.05) is 43.2 Å². The maximum Gasteiger partial charge on any atom is 0.251 e. The van der Waals surface area contributed by atoms with Crippen LogP contribution in [0.15, 0.2) is 54.6 Å². The summed E-state index contributed by atoms with van der Waals surface area (Å²) in [6, 6.07) is 17.1. The average molecular weight is 405 g/mol. The van der Waals surface area contributed by atoms with Gasteiger partial charge >= 0.3 is 0 Å². The van der Waals surface area contributed by atoms with Gasteiger partial charge in [-0.05, 0) is 37.1 Å². The summed E-state index contributed by atoms with van der Waals surface area (Å²) in [6.45, 7) is 2.44. The Labute approximate surface area is 176 Å². The molecule has 6 heteroatoms. The Bertz CT molecular complexity index is 1000. The third kappa shape index (κ3) is 4.70. The van der Waals surface area contributed by atoms with Gasteiger partial charge in [-0.25, -0.2) is 4.98 Å². The molecule has 0 unspecified atom stereocenters. The van der Waals surface area contributed by atoms with Gasteiger partial charge in [0.1, 0.15) is 12.4 Å². The highest BCUT2D eigenvalue weighted by atomic mass is 16.2. The summed E-state index contributed by atoms with van der Waals surface area (Å²) in [5.41, 5.74) is 2.48. The van der Waals surface area contributed by atoms with Crippen molar-refractivity contribution in [1.29, 1.82) is 0 Å². The lowest BCUT2D eigenvalue weighted by molar-refractivity contribution is -0.131. The molecule has 3 aromatic rings. The van der Waals surface area contributed by atoms with Gasteiger partial charge in [0, 0.05) is 31.6 Å². The van der Waals surface area contributed by atoms with E-state index in [2.05, 4.69) is 5.32 Å². The van der Waals surface area contributed by atoms with E-state index in [9.17, 15) is 9.59 Å². The molecule has 0 saturated carbocycles. The normalized spacial score (nSPS) is 14.5. The van der Waals surface area contributed by atoms with E-state index in [4.69, 9.17) is 4.98 Å². The first-order chi connectivity index (χ1) is 14.7. The van der Waals surface area contributed by atoms with Crippen molar-refractivity contribution in [2.75, 3.05) is 19.6 Å². The van der Waals surface area contributed by atoms with Crippen molar-refractivity contribution in [2.24, 2.45) is 0 Å². The Balaban J connectivity index is 1.47. The third-order valence-electron chi connectivity index (χ3n) is 5.66. The molecule has 30 heavy (non-hydrogen) atoms. The number of likely N-dealkylation sites (tertiary alicyclic amines) is 1. The Morgan fingerprint density at radius 3 is 2.37 bits per heavy atom. The van der Waals surface area contributed by atoms with E-state index in [1.54, 1.807) is 12.1 Å². The Morgan fingerprint density at radius 2 is 1.60 bits per heavy atom. The van der Waals surface area contributed by atoms with Crippen molar-refractivity contribution >= 4 is 22.8 Å². The minimum absolute atomic E-state index is 0.0982. The molecular formula is C24H28N4O2. The number of fused-ring (bicyclic) bond motifs is 1. The van der Waals surface area contributed by atoms with Crippen LogP contribution in [0.2, 0.25) is 0 Å². The molecule has 1 fully saturated rings. The predicted molar refractivity (Wildman–Crippen MR) is 117 cm³/mol. The number of nitrogens with zero attached hydrogens (tertiary/aromatic N) is 3. The van der Waals surface area contributed by atoms with Crippen LogP contribution in [0.5, 0.6) is 0 Å². The lowest BCUT2D eigenvalue weighted by Gasteiger charge is -2.21. The standard InChI is InChI=1S/C24H28N4O2/c29-23(27-16-8-1-2-9-17-27)18-28-21-13-7-6-12-20(21)26-22(28)14-15-25-24(30)19-10-4-3-5-11-19/h3-7,10-13H,1-2,8-9,14-18H2,(H,25,30). The zero-order valence-electron chi connectivity index (χ0n) is 17.2. The maximum atomic E-state index is 13.0. The molecule has 1 aliphatic rings. The van der Waals surface area contributed by atoms with Gasteiger partial charge < -0.3 is 14.8 Å². The van der Waals surface area contributed by atoms with Crippen LogP contribution in [0.1, 0.15) is 41.9 Å². The number of hydrogen-bond donors (Lipinski definition) is 1. The molecule has 1 aliphatic heterocycles. The molecule has 2 amide bonds. The number of rotatable bonds is 6. The van der Waals surface area contributed by atoms with Crippen LogP contribution in [-0.4, -0.2) is 45.9 Å². The molecular weight excluding hydrogens is 376 g/mol. The first kappa shape index (κ1) is 20.1. The summed E-state index contributed by atoms with van der Waals surface area (Å²) in [7, 11) is 0. The minimum Gasteiger partial charge on any atom is -0.352 e. The fourth-order valence-electron chi connectivity index (χ4n) is 4.03. The Hall–Kier alpha value is -3.15. The summed E-state index contributed by atoms with van der Waals surface area (Å²) < 4.78 is 2.01. The van der Waals surface area contributed by atoms with Gasteiger partial charge in [0.25, 0.3) is 5.91 Å².